The van der Waals surface area contributed by atoms with Gasteiger partial charge in [-0.25, -0.2) is 0 Å². The van der Waals surface area contributed by atoms with E-state index in [1.54, 1.807) is 0 Å². The van der Waals surface area contributed by atoms with Crippen molar-refractivity contribution in [2.75, 3.05) is 38.7 Å². The summed E-state index contributed by atoms with van der Waals surface area (Å²) in [6.07, 6.45) is 0. The Morgan fingerprint density at radius 2 is 1.73 bits per heavy atom. The van der Waals surface area contributed by atoms with Crippen molar-refractivity contribution < 1.29 is 4.48 Å². The monoisotopic (exact) mass is 208 g/mol. The van der Waals surface area contributed by atoms with Crippen LogP contribution in [0.15, 0.2) is 24.3 Å². The summed E-state index contributed by atoms with van der Waals surface area (Å²) in [5.41, 5.74) is 7.56. The van der Waals surface area contributed by atoms with Crippen LogP contribution in [-0.4, -0.2) is 38.2 Å². The Labute approximate surface area is 92.5 Å². The van der Waals surface area contributed by atoms with Crippen molar-refractivity contribution >= 4 is 11.4 Å². The van der Waals surface area contributed by atoms with Crippen LogP contribution in [0.4, 0.5) is 11.4 Å². The molecule has 15 heavy (non-hydrogen) atoms. The zero-order valence-electron chi connectivity index (χ0n) is 10.1. The minimum absolute atomic E-state index is 0.452. The maximum atomic E-state index is 5.63. The van der Waals surface area contributed by atoms with E-state index in [9.17, 15) is 0 Å². The van der Waals surface area contributed by atoms with Gasteiger partial charge in [-0.15, -0.1) is 0 Å². The fourth-order valence-electron chi connectivity index (χ4n) is 1.73. The number of rotatable bonds is 4. The molecule has 84 valence electrons. The molecule has 1 rings (SSSR count). The van der Waals surface area contributed by atoms with Gasteiger partial charge < -0.3 is 15.5 Å². The summed E-state index contributed by atoms with van der Waals surface area (Å²) in [4.78, 5) is 0. The van der Waals surface area contributed by atoms with Gasteiger partial charge in [0, 0.05) is 11.4 Å². The highest BCUT2D eigenvalue weighted by Gasteiger charge is 2.12. The molecule has 0 aliphatic rings. The van der Waals surface area contributed by atoms with Crippen molar-refractivity contribution in [1.82, 2.24) is 0 Å². The molecule has 0 fully saturated rings. The minimum atomic E-state index is 0.452. The summed E-state index contributed by atoms with van der Waals surface area (Å²) in [5, 5.41) is 3.45. The molecule has 0 aliphatic heterocycles. The molecule has 0 bridgehead atoms. The van der Waals surface area contributed by atoms with Crippen molar-refractivity contribution in [3.8, 4) is 0 Å². The van der Waals surface area contributed by atoms with Crippen LogP contribution in [-0.2, 0) is 0 Å². The number of quaternary nitrogens is 1. The molecule has 3 heteroatoms. The van der Waals surface area contributed by atoms with Crippen LogP contribution in [0, 0.1) is 0 Å². The summed E-state index contributed by atoms with van der Waals surface area (Å²) in [5.74, 6) is 0. The number of nitrogens with two attached hydrogens (primary N) is 1. The van der Waals surface area contributed by atoms with E-state index in [0.717, 1.165) is 22.4 Å². The summed E-state index contributed by atoms with van der Waals surface area (Å²) < 4.78 is 0.961. The third kappa shape index (κ3) is 4.70. The summed E-state index contributed by atoms with van der Waals surface area (Å²) in [6, 6.07) is 8.32. The van der Waals surface area contributed by atoms with E-state index in [4.69, 9.17) is 5.73 Å². The number of nitrogens with one attached hydrogen (secondary N) is 1. The van der Waals surface area contributed by atoms with Crippen LogP contribution in [0.5, 0.6) is 0 Å². The molecule has 3 nitrogen and oxygen atoms in total. The molecule has 0 radical (unpaired) electrons. The predicted molar refractivity (Wildman–Crippen MR) is 66.8 cm³/mol. The lowest BCUT2D eigenvalue weighted by Gasteiger charge is -2.28. The lowest BCUT2D eigenvalue weighted by Crippen LogP contribution is -2.43. The zero-order chi connectivity index (χ0) is 11.5. The fraction of sp³-hybridized carbons (Fsp3) is 0.500. The largest absolute Gasteiger partial charge is 0.399 e. The molecule has 0 saturated heterocycles. The second-order valence-electron chi connectivity index (χ2n) is 5.14. The molecule has 1 aromatic rings. The zero-order valence-corrected chi connectivity index (χ0v) is 10.1. The topological polar surface area (TPSA) is 38.0 Å². The van der Waals surface area contributed by atoms with Crippen LogP contribution in [0.25, 0.3) is 0 Å². The van der Waals surface area contributed by atoms with Crippen molar-refractivity contribution in [2.24, 2.45) is 0 Å². The van der Waals surface area contributed by atoms with Crippen molar-refractivity contribution in [3.05, 3.63) is 24.3 Å². The van der Waals surface area contributed by atoms with Gasteiger partial charge in [-0.1, -0.05) is 0 Å². The van der Waals surface area contributed by atoms with Crippen molar-refractivity contribution in [2.45, 2.75) is 13.0 Å². The highest BCUT2D eigenvalue weighted by atomic mass is 15.3. The van der Waals surface area contributed by atoms with E-state index < -0.39 is 0 Å². The molecule has 1 aromatic carbocycles. The molecule has 0 aliphatic carbocycles. The van der Waals surface area contributed by atoms with Gasteiger partial charge in [-0.3, -0.25) is 0 Å². The normalized spacial score (nSPS) is 13.6. The van der Waals surface area contributed by atoms with E-state index in [-0.39, 0.29) is 0 Å². The minimum Gasteiger partial charge on any atom is -0.399 e. The second kappa shape index (κ2) is 4.53. The molecular formula is C12H22N3+. The molecule has 0 aromatic heterocycles. The highest BCUT2D eigenvalue weighted by molar-refractivity contribution is 5.51. The molecular weight excluding hydrogens is 186 g/mol. The van der Waals surface area contributed by atoms with Crippen LogP contribution < -0.4 is 11.1 Å². The number of likely N-dealkylation sites (N-methyl/N-ethyl adjacent to an activating group) is 1. The number of hydrogen-bond donors (Lipinski definition) is 2. The fourth-order valence-corrected chi connectivity index (χ4v) is 1.73. The summed E-state index contributed by atoms with van der Waals surface area (Å²) in [7, 11) is 6.59. The van der Waals surface area contributed by atoms with Crippen molar-refractivity contribution in [1.29, 1.82) is 0 Å². The van der Waals surface area contributed by atoms with E-state index >= 15 is 0 Å². The summed E-state index contributed by atoms with van der Waals surface area (Å²) in [6.45, 7) is 3.28. The lowest BCUT2D eigenvalue weighted by molar-refractivity contribution is -0.870. The number of nitrogens with zero attached hydrogens (tertiary/aromatic N) is 1. The van der Waals surface area contributed by atoms with Gasteiger partial charge in [0.1, 0.15) is 0 Å². The quantitative estimate of drug-likeness (QED) is 0.584. The molecule has 1 atom stereocenters. The Morgan fingerprint density at radius 1 is 1.20 bits per heavy atom. The van der Waals surface area contributed by atoms with Crippen LogP contribution >= 0.6 is 0 Å². The lowest BCUT2D eigenvalue weighted by atomic mass is 10.2. The Hall–Kier alpha value is -1.22. The molecule has 0 spiro atoms. The third-order valence-electron chi connectivity index (χ3n) is 2.15. The van der Waals surface area contributed by atoms with Crippen molar-refractivity contribution in [3.63, 3.8) is 0 Å². The number of anilines is 2. The number of nitrogen functional groups attached to an aromatic ring is 1. The van der Waals surface area contributed by atoms with E-state index in [1.807, 2.05) is 24.3 Å². The average Bonchev–Trinajstić information content (AvgIpc) is 2.05. The Bertz CT molecular complexity index is 298. The average molecular weight is 208 g/mol. The Balaban J connectivity index is 2.51. The van der Waals surface area contributed by atoms with Crippen LogP contribution in [0.3, 0.4) is 0 Å². The molecule has 0 saturated carbocycles. The standard InChI is InChI=1S/C12H22N3/c1-10(9-15(2,3)4)14-12-7-5-11(13)6-8-12/h5-8,10,14H,9,13H2,1-4H3/q+1. The SMILES string of the molecule is CC(C[N+](C)(C)C)Nc1ccc(N)cc1. The van der Waals surface area contributed by atoms with E-state index in [2.05, 4.69) is 33.4 Å². The van der Waals surface area contributed by atoms with Gasteiger partial charge in [0.2, 0.25) is 0 Å². The molecule has 1 unspecified atom stereocenters. The van der Waals surface area contributed by atoms with Gasteiger partial charge in [-0.2, -0.15) is 0 Å². The Morgan fingerprint density at radius 3 is 2.20 bits per heavy atom. The van der Waals surface area contributed by atoms with Gasteiger partial charge >= 0.3 is 0 Å². The first kappa shape index (κ1) is 11.9. The molecule has 0 amide bonds. The number of hydrogen-bond acceptors (Lipinski definition) is 2. The maximum Gasteiger partial charge on any atom is 0.0982 e. The van der Waals surface area contributed by atoms with E-state index in [0.29, 0.717) is 6.04 Å². The van der Waals surface area contributed by atoms with Gasteiger partial charge in [0.15, 0.2) is 0 Å². The first-order valence-electron chi connectivity index (χ1n) is 5.29. The third-order valence-corrected chi connectivity index (χ3v) is 2.15. The van der Waals surface area contributed by atoms with Gasteiger partial charge in [0.25, 0.3) is 0 Å². The first-order chi connectivity index (χ1) is 6.87. The highest BCUT2D eigenvalue weighted by Crippen LogP contribution is 2.12. The van der Waals surface area contributed by atoms with Crippen LogP contribution in [0.1, 0.15) is 6.92 Å². The van der Waals surface area contributed by atoms with E-state index in [1.165, 1.54) is 0 Å². The first-order valence-corrected chi connectivity index (χ1v) is 5.29. The number of benzene rings is 1. The maximum absolute atomic E-state index is 5.63. The van der Waals surface area contributed by atoms with Gasteiger partial charge in [-0.05, 0) is 31.2 Å². The summed E-state index contributed by atoms with van der Waals surface area (Å²) >= 11 is 0. The molecule has 0 heterocycles. The Kier molecular flexibility index (Phi) is 3.58. The molecule has 3 N–H and O–H groups in total. The predicted octanol–water partition coefficient (Wildman–Crippen LogP) is 1.78. The van der Waals surface area contributed by atoms with Crippen LogP contribution in [0.2, 0.25) is 0 Å². The van der Waals surface area contributed by atoms with Gasteiger partial charge in [0.05, 0.1) is 33.7 Å². The smallest absolute Gasteiger partial charge is 0.0982 e. The second-order valence-corrected chi connectivity index (χ2v) is 5.14.